The van der Waals surface area contributed by atoms with E-state index in [-0.39, 0.29) is 43.4 Å². The van der Waals surface area contributed by atoms with Gasteiger partial charge in [0.1, 0.15) is 17.7 Å². The third kappa shape index (κ3) is 4.54. The second-order valence-corrected chi connectivity index (χ2v) is 9.32. The first-order valence-corrected chi connectivity index (χ1v) is 11.5. The van der Waals surface area contributed by atoms with Crippen LogP contribution < -0.4 is 4.74 Å². The number of amides is 1. The van der Waals surface area contributed by atoms with Gasteiger partial charge in [0.25, 0.3) is 5.91 Å². The minimum absolute atomic E-state index is 0.0178. The summed E-state index contributed by atoms with van der Waals surface area (Å²) in [5.41, 5.74) is 3.69. The van der Waals surface area contributed by atoms with Gasteiger partial charge in [0.05, 0.1) is 47.3 Å². The zero-order valence-electron chi connectivity index (χ0n) is 19.0. The Labute approximate surface area is 203 Å². The molecule has 1 amide bonds. The van der Waals surface area contributed by atoms with Crippen LogP contribution in [0.4, 0.5) is 17.6 Å². The van der Waals surface area contributed by atoms with E-state index in [1.807, 2.05) is 6.92 Å². The number of benzene rings is 1. The van der Waals surface area contributed by atoms with E-state index in [0.717, 1.165) is 23.4 Å². The van der Waals surface area contributed by atoms with Gasteiger partial charge in [-0.25, -0.2) is 13.9 Å². The SMILES string of the molecule is Cc1nc2c3c(nn2c(C)c1Cl)CN(C(=O)c1ccc(F)cc1O[C@H]1CCN(CC(F)(F)F)C1)C3. The molecule has 1 saturated heterocycles. The third-order valence-electron chi connectivity index (χ3n) is 6.34. The first-order valence-electron chi connectivity index (χ1n) is 11.1. The van der Waals surface area contributed by atoms with Crippen LogP contribution in [-0.4, -0.2) is 62.2 Å². The van der Waals surface area contributed by atoms with Gasteiger partial charge in [-0.1, -0.05) is 11.6 Å². The maximum absolute atomic E-state index is 14.0. The predicted molar refractivity (Wildman–Crippen MR) is 119 cm³/mol. The molecule has 3 aromatic rings. The second-order valence-electron chi connectivity index (χ2n) is 8.94. The van der Waals surface area contributed by atoms with Gasteiger partial charge in [-0.05, 0) is 32.4 Å². The number of carbonyl (C=O) groups excluding carboxylic acids is 1. The molecule has 1 fully saturated rings. The van der Waals surface area contributed by atoms with Crippen LogP contribution in [0.2, 0.25) is 5.02 Å². The number of fused-ring (bicyclic) bond motifs is 3. The van der Waals surface area contributed by atoms with Crippen molar-refractivity contribution >= 4 is 23.2 Å². The molecule has 0 unspecified atom stereocenters. The van der Waals surface area contributed by atoms with Crippen LogP contribution in [0.3, 0.4) is 0 Å². The van der Waals surface area contributed by atoms with Crippen LogP contribution in [0.25, 0.3) is 5.65 Å². The molecule has 1 aromatic carbocycles. The molecule has 0 bridgehead atoms. The highest BCUT2D eigenvalue weighted by Crippen LogP contribution is 2.32. The number of aromatic nitrogens is 3. The molecular formula is C23H22ClF4N5O2. The van der Waals surface area contributed by atoms with Gasteiger partial charge < -0.3 is 9.64 Å². The van der Waals surface area contributed by atoms with E-state index in [1.54, 1.807) is 16.3 Å². The molecule has 0 spiro atoms. The van der Waals surface area contributed by atoms with Crippen molar-refractivity contribution in [2.75, 3.05) is 19.6 Å². The summed E-state index contributed by atoms with van der Waals surface area (Å²) in [5.74, 6) is -0.968. The number of ether oxygens (including phenoxy) is 1. The maximum atomic E-state index is 14.0. The summed E-state index contributed by atoms with van der Waals surface area (Å²) in [6.45, 7) is 3.35. The third-order valence-corrected chi connectivity index (χ3v) is 6.89. The number of aryl methyl sites for hydroxylation is 2. The fourth-order valence-corrected chi connectivity index (χ4v) is 4.79. The van der Waals surface area contributed by atoms with Gasteiger partial charge in [-0.2, -0.15) is 18.3 Å². The summed E-state index contributed by atoms with van der Waals surface area (Å²) in [6, 6.07) is 3.60. The predicted octanol–water partition coefficient (Wildman–Crippen LogP) is 4.31. The molecule has 2 aliphatic rings. The minimum Gasteiger partial charge on any atom is -0.488 e. The normalized spacial score (nSPS) is 18.5. The number of alkyl halides is 3. The molecule has 186 valence electrons. The summed E-state index contributed by atoms with van der Waals surface area (Å²) in [5, 5.41) is 5.09. The van der Waals surface area contributed by atoms with E-state index in [0.29, 0.717) is 28.5 Å². The van der Waals surface area contributed by atoms with Crippen molar-refractivity contribution in [3.8, 4) is 5.75 Å². The summed E-state index contributed by atoms with van der Waals surface area (Å²) in [4.78, 5) is 20.7. The fourth-order valence-electron chi connectivity index (χ4n) is 4.67. The topological polar surface area (TPSA) is 63.0 Å². The van der Waals surface area contributed by atoms with Crippen molar-refractivity contribution in [1.82, 2.24) is 24.4 Å². The summed E-state index contributed by atoms with van der Waals surface area (Å²) in [6.07, 6.45) is -4.54. The number of hydrogen-bond donors (Lipinski definition) is 0. The molecule has 0 saturated carbocycles. The van der Waals surface area contributed by atoms with E-state index >= 15 is 0 Å². The molecule has 2 aromatic heterocycles. The van der Waals surface area contributed by atoms with E-state index < -0.39 is 24.6 Å². The Morgan fingerprint density at radius 3 is 2.77 bits per heavy atom. The fraction of sp³-hybridized carbons (Fsp3) is 0.435. The van der Waals surface area contributed by atoms with Crippen LogP contribution in [-0.2, 0) is 13.1 Å². The van der Waals surface area contributed by atoms with Crippen molar-refractivity contribution in [2.45, 2.75) is 45.6 Å². The average molecular weight is 512 g/mol. The summed E-state index contributed by atoms with van der Waals surface area (Å²) < 4.78 is 59.6. The number of rotatable bonds is 4. The van der Waals surface area contributed by atoms with Crippen LogP contribution in [0.1, 0.15) is 39.4 Å². The van der Waals surface area contributed by atoms with Gasteiger partial charge in [-0.15, -0.1) is 0 Å². The quantitative estimate of drug-likeness (QED) is 0.489. The zero-order chi connectivity index (χ0) is 25.1. The lowest BCUT2D eigenvalue weighted by Crippen LogP contribution is -2.34. The van der Waals surface area contributed by atoms with E-state index in [1.165, 1.54) is 11.0 Å². The van der Waals surface area contributed by atoms with Crippen molar-refractivity contribution in [2.24, 2.45) is 0 Å². The van der Waals surface area contributed by atoms with Crippen LogP contribution in [0.5, 0.6) is 5.75 Å². The number of carbonyl (C=O) groups is 1. The summed E-state index contributed by atoms with van der Waals surface area (Å²) in [7, 11) is 0. The standard InChI is InChI=1S/C23H22ClF4N5O2/c1-12-20(24)13(2)33-21(29-12)17-9-32(10-18(17)30-33)22(34)16-4-3-14(25)7-19(16)35-15-5-6-31(8-15)11-23(26,27)28/h3-4,7,15H,5-6,8-11H2,1-2H3/t15-/m0/s1. The molecule has 4 heterocycles. The van der Waals surface area contributed by atoms with Gasteiger partial charge in [0.2, 0.25) is 0 Å². The molecule has 1 atom stereocenters. The number of halogens is 5. The number of hydrogen-bond acceptors (Lipinski definition) is 5. The molecule has 0 aliphatic carbocycles. The van der Waals surface area contributed by atoms with E-state index in [2.05, 4.69) is 10.1 Å². The molecule has 5 rings (SSSR count). The van der Waals surface area contributed by atoms with Crippen molar-refractivity contribution in [3.05, 3.63) is 57.2 Å². The molecule has 12 heteroatoms. The van der Waals surface area contributed by atoms with Gasteiger partial charge >= 0.3 is 6.18 Å². The lowest BCUT2D eigenvalue weighted by Gasteiger charge is -2.21. The van der Waals surface area contributed by atoms with Crippen LogP contribution in [0, 0.1) is 19.7 Å². The average Bonchev–Trinajstić information content (AvgIpc) is 3.46. The van der Waals surface area contributed by atoms with Gasteiger partial charge in [0.15, 0.2) is 5.65 Å². The number of nitrogens with zero attached hydrogens (tertiary/aromatic N) is 5. The highest BCUT2D eigenvalue weighted by atomic mass is 35.5. The monoisotopic (exact) mass is 511 g/mol. The second kappa shape index (κ2) is 8.63. The molecular weight excluding hydrogens is 490 g/mol. The zero-order valence-corrected chi connectivity index (χ0v) is 19.8. The smallest absolute Gasteiger partial charge is 0.401 e. The first kappa shape index (κ1) is 23.8. The Morgan fingerprint density at radius 1 is 1.26 bits per heavy atom. The van der Waals surface area contributed by atoms with Crippen LogP contribution >= 0.6 is 11.6 Å². The van der Waals surface area contributed by atoms with Crippen molar-refractivity contribution in [1.29, 1.82) is 0 Å². The van der Waals surface area contributed by atoms with Crippen LogP contribution in [0.15, 0.2) is 18.2 Å². The Balaban J connectivity index is 1.35. The van der Waals surface area contributed by atoms with Gasteiger partial charge in [-0.3, -0.25) is 9.69 Å². The van der Waals surface area contributed by atoms with Gasteiger partial charge in [0, 0.05) is 24.7 Å². The van der Waals surface area contributed by atoms with Crippen molar-refractivity contribution in [3.63, 3.8) is 0 Å². The summed E-state index contributed by atoms with van der Waals surface area (Å²) >= 11 is 6.29. The Morgan fingerprint density at radius 2 is 2.03 bits per heavy atom. The molecule has 7 nitrogen and oxygen atoms in total. The Kier molecular flexibility index (Phi) is 5.87. The van der Waals surface area contributed by atoms with Crippen molar-refractivity contribution < 1.29 is 27.1 Å². The Bertz CT molecular complexity index is 1330. The first-order chi connectivity index (χ1) is 16.5. The lowest BCUT2D eigenvalue weighted by molar-refractivity contribution is -0.144. The van der Waals surface area contributed by atoms with E-state index in [9.17, 15) is 22.4 Å². The Hall–Kier alpha value is -2.92. The molecule has 0 N–H and O–H groups in total. The molecule has 35 heavy (non-hydrogen) atoms. The highest BCUT2D eigenvalue weighted by Gasteiger charge is 2.36. The molecule has 0 radical (unpaired) electrons. The maximum Gasteiger partial charge on any atom is 0.401 e. The lowest BCUT2D eigenvalue weighted by atomic mass is 10.1. The molecule has 2 aliphatic heterocycles. The number of likely N-dealkylation sites (tertiary alicyclic amines) is 1. The van der Waals surface area contributed by atoms with E-state index in [4.69, 9.17) is 16.3 Å². The highest BCUT2D eigenvalue weighted by molar-refractivity contribution is 6.31. The largest absolute Gasteiger partial charge is 0.488 e. The minimum atomic E-state index is -4.31.